The zero-order valence-electron chi connectivity index (χ0n) is 34.3. The number of hydrogen-bond donors (Lipinski definition) is 2. The van der Waals surface area contributed by atoms with Gasteiger partial charge in [-0.1, -0.05) is 209 Å². The molecule has 1 atom stereocenters. The molecule has 0 amide bonds. The molecule has 1 aliphatic rings. The first-order valence-corrected chi connectivity index (χ1v) is 20.3. The van der Waals surface area contributed by atoms with E-state index < -0.39 is 0 Å². The van der Waals surface area contributed by atoms with Crippen molar-refractivity contribution in [1.29, 1.82) is 10.8 Å². The van der Waals surface area contributed by atoms with Crippen LogP contribution >= 0.6 is 0 Å². The summed E-state index contributed by atoms with van der Waals surface area (Å²) in [7, 11) is 0. The van der Waals surface area contributed by atoms with Gasteiger partial charge in [0.2, 0.25) is 0 Å². The number of hydrogen-bond acceptors (Lipinski definition) is 2. The van der Waals surface area contributed by atoms with E-state index in [2.05, 4.69) is 175 Å². The average Bonchev–Trinajstić information content (AvgIpc) is 3.52. The summed E-state index contributed by atoms with van der Waals surface area (Å²) >= 11 is 0. The van der Waals surface area contributed by atoms with Crippen molar-refractivity contribution >= 4 is 23.2 Å². The Balaban J connectivity index is 0.000000510. The van der Waals surface area contributed by atoms with E-state index in [9.17, 15) is 0 Å². The van der Waals surface area contributed by atoms with Crippen LogP contribution in [0.25, 0.3) is 55.3 Å². The van der Waals surface area contributed by atoms with Crippen molar-refractivity contribution in [2.45, 2.75) is 52.4 Å². The van der Waals surface area contributed by atoms with E-state index in [0.29, 0.717) is 11.6 Å². The lowest BCUT2D eigenvalue weighted by atomic mass is 9.81. The molecule has 9 rings (SSSR count). The maximum atomic E-state index is 8.68. The third-order valence-electron chi connectivity index (χ3n) is 11.8. The molecule has 0 aliphatic heterocycles. The topological polar surface area (TPSA) is 47.7 Å². The van der Waals surface area contributed by atoms with E-state index in [0.717, 1.165) is 23.1 Å². The number of aryl methyl sites for hydroxylation is 1. The minimum Gasteiger partial charge on any atom is -0.317 e. The summed E-state index contributed by atoms with van der Waals surface area (Å²) < 4.78 is 0. The molecule has 2 heteroatoms. The Morgan fingerprint density at radius 2 is 1.00 bits per heavy atom. The van der Waals surface area contributed by atoms with Crippen molar-refractivity contribution in [1.82, 2.24) is 0 Å². The molecule has 0 fully saturated rings. The summed E-state index contributed by atoms with van der Waals surface area (Å²) in [5.41, 5.74) is 18.2. The van der Waals surface area contributed by atoms with E-state index in [-0.39, 0.29) is 5.41 Å². The van der Waals surface area contributed by atoms with Crippen molar-refractivity contribution in [3.05, 3.63) is 215 Å². The van der Waals surface area contributed by atoms with Gasteiger partial charge < -0.3 is 5.41 Å². The van der Waals surface area contributed by atoms with Crippen LogP contribution in [0, 0.1) is 17.7 Å². The quantitative estimate of drug-likeness (QED) is 0.152. The smallest absolute Gasteiger partial charge is 0.0684 e. The predicted molar refractivity (Wildman–Crippen MR) is 250 cm³/mol. The van der Waals surface area contributed by atoms with Crippen LogP contribution in [0.3, 0.4) is 0 Å². The van der Waals surface area contributed by atoms with Gasteiger partial charge in [0.1, 0.15) is 0 Å². The highest BCUT2D eigenvalue weighted by atomic mass is 14.4. The lowest BCUT2D eigenvalue weighted by Gasteiger charge is -2.22. The molecular weight excluding hydrogens is 701 g/mol. The fraction of sp³-hybridized carbons (Fsp3) is 0.143. The third-order valence-corrected chi connectivity index (χ3v) is 11.8. The first kappa shape index (κ1) is 39.6. The molecule has 0 spiro atoms. The number of fused-ring (bicyclic) bond motifs is 4. The molecule has 58 heavy (non-hydrogen) atoms. The van der Waals surface area contributed by atoms with Crippen LogP contribution in [0.15, 0.2) is 182 Å². The van der Waals surface area contributed by atoms with Crippen molar-refractivity contribution in [2.24, 2.45) is 0 Å². The highest BCUT2D eigenvalue weighted by Crippen LogP contribution is 2.52. The van der Waals surface area contributed by atoms with Gasteiger partial charge in [-0.05, 0) is 110 Å². The molecule has 2 nitrogen and oxygen atoms in total. The highest BCUT2D eigenvalue weighted by Gasteiger charge is 2.37. The van der Waals surface area contributed by atoms with Gasteiger partial charge in [-0.2, -0.15) is 0 Å². The Hall–Kier alpha value is -6.64. The Labute approximate surface area is 344 Å². The molecule has 0 saturated heterocycles. The SMILES string of the molecule is C=N.CCC(C)c1cccc2c1-c1ccc(-c3ccc(-c4ccc(-c5ccc(C(=N)c6ccccc6)cc5)c5ccccc45)cc3)cc1C2(C)C.Cc1ccccc1. The molecule has 1 unspecified atom stereocenters. The van der Waals surface area contributed by atoms with Crippen LogP contribution in [0.2, 0.25) is 0 Å². The standard InChI is InChI=1S/C48H41N.C7H8.CH3N/c1-5-31(2)38-16-11-17-44-46(38)43-27-26-37(30-45(43)48(44,3)4)32-18-20-33(21-19-32)39-28-29-40(42-15-10-9-14-41(39)42)34-22-24-36(25-23-34)47(49)35-12-7-6-8-13-35;1-7-5-3-2-4-6-7;1-2/h6-31,49H,5H2,1-4H3;2-6H,1H3;2H,1H2. The first-order chi connectivity index (χ1) is 28.2. The van der Waals surface area contributed by atoms with Gasteiger partial charge in [0.05, 0.1) is 5.71 Å². The number of benzene rings is 8. The zero-order chi connectivity index (χ0) is 40.8. The van der Waals surface area contributed by atoms with Gasteiger partial charge in [0.25, 0.3) is 0 Å². The van der Waals surface area contributed by atoms with Crippen molar-refractivity contribution in [3.63, 3.8) is 0 Å². The summed E-state index contributed by atoms with van der Waals surface area (Å²) in [6.07, 6.45) is 1.14. The molecule has 1 aliphatic carbocycles. The lowest BCUT2D eigenvalue weighted by molar-refractivity contribution is 0.658. The molecule has 0 bridgehead atoms. The number of nitrogens with one attached hydrogen (secondary N) is 2. The Bertz CT molecular complexity index is 2670. The maximum absolute atomic E-state index is 8.68. The highest BCUT2D eigenvalue weighted by molar-refractivity contribution is 6.11. The van der Waals surface area contributed by atoms with Gasteiger partial charge in [0.15, 0.2) is 0 Å². The van der Waals surface area contributed by atoms with Gasteiger partial charge in [-0.25, -0.2) is 0 Å². The number of rotatable bonds is 7. The second kappa shape index (κ2) is 17.2. The van der Waals surface area contributed by atoms with Gasteiger partial charge in [-0.15, -0.1) is 0 Å². The largest absolute Gasteiger partial charge is 0.317 e. The Morgan fingerprint density at radius 1 is 0.517 bits per heavy atom. The van der Waals surface area contributed by atoms with Crippen LogP contribution in [0.4, 0.5) is 0 Å². The monoisotopic (exact) mass is 752 g/mol. The second-order valence-electron chi connectivity index (χ2n) is 15.7. The summed E-state index contributed by atoms with van der Waals surface area (Å²) in [6.45, 7) is 14.0. The van der Waals surface area contributed by atoms with E-state index >= 15 is 0 Å². The minimum atomic E-state index is -0.0330. The molecule has 286 valence electrons. The van der Waals surface area contributed by atoms with Crippen molar-refractivity contribution in [3.8, 4) is 44.5 Å². The lowest BCUT2D eigenvalue weighted by Crippen LogP contribution is -2.15. The summed E-state index contributed by atoms with van der Waals surface area (Å²) in [5.74, 6) is 0.537. The van der Waals surface area contributed by atoms with Gasteiger partial charge in [-0.3, -0.25) is 5.41 Å². The van der Waals surface area contributed by atoms with Gasteiger partial charge in [0, 0.05) is 11.0 Å². The molecule has 0 saturated carbocycles. The Kier molecular flexibility index (Phi) is 11.8. The van der Waals surface area contributed by atoms with E-state index in [1.165, 1.54) is 72.0 Å². The molecule has 2 N–H and O–H groups in total. The van der Waals surface area contributed by atoms with Crippen LogP contribution in [0.1, 0.15) is 73.4 Å². The first-order valence-electron chi connectivity index (χ1n) is 20.3. The molecule has 0 heterocycles. The fourth-order valence-corrected chi connectivity index (χ4v) is 8.39. The predicted octanol–water partition coefficient (Wildman–Crippen LogP) is 15.3. The van der Waals surface area contributed by atoms with Crippen LogP contribution in [-0.4, -0.2) is 12.4 Å². The van der Waals surface area contributed by atoms with Crippen LogP contribution in [0.5, 0.6) is 0 Å². The minimum absolute atomic E-state index is 0.0330. The van der Waals surface area contributed by atoms with Crippen LogP contribution in [-0.2, 0) is 5.41 Å². The molecule has 0 aromatic heterocycles. The summed E-state index contributed by atoms with van der Waals surface area (Å²) in [5, 5.41) is 16.6. The van der Waals surface area contributed by atoms with E-state index in [4.69, 9.17) is 10.8 Å². The molecule has 8 aromatic rings. The average molecular weight is 753 g/mol. The van der Waals surface area contributed by atoms with Crippen molar-refractivity contribution in [2.75, 3.05) is 0 Å². The van der Waals surface area contributed by atoms with Crippen molar-refractivity contribution < 1.29 is 0 Å². The van der Waals surface area contributed by atoms with E-state index in [1.54, 1.807) is 0 Å². The maximum Gasteiger partial charge on any atom is 0.0684 e. The van der Waals surface area contributed by atoms with Gasteiger partial charge >= 0.3 is 0 Å². The molecular formula is C56H52N2. The normalized spacial score (nSPS) is 12.6. The van der Waals surface area contributed by atoms with E-state index in [1.807, 2.05) is 48.5 Å². The summed E-state index contributed by atoms with van der Waals surface area (Å²) in [6, 6.07) is 64.9. The molecule has 8 aromatic carbocycles. The second-order valence-corrected chi connectivity index (χ2v) is 15.7. The zero-order valence-corrected chi connectivity index (χ0v) is 34.3. The van der Waals surface area contributed by atoms with Crippen LogP contribution < -0.4 is 0 Å². The fourth-order valence-electron chi connectivity index (χ4n) is 8.39. The molecule has 0 radical (unpaired) electrons. The summed E-state index contributed by atoms with van der Waals surface area (Å²) in [4.78, 5) is 0. The Morgan fingerprint density at radius 3 is 1.55 bits per heavy atom. The third kappa shape index (κ3) is 7.71.